The zero-order chi connectivity index (χ0) is 16.4. The van der Waals surface area contributed by atoms with Crippen molar-refractivity contribution in [2.24, 2.45) is 5.92 Å². The Balaban J connectivity index is 2.05. The molecule has 22 heavy (non-hydrogen) atoms. The van der Waals surface area contributed by atoms with E-state index in [0.717, 1.165) is 24.8 Å². The van der Waals surface area contributed by atoms with Crippen LogP contribution in [0.5, 0.6) is 0 Å². The van der Waals surface area contributed by atoms with Crippen molar-refractivity contribution in [3.63, 3.8) is 0 Å². The first-order valence-electron chi connectivity index (χ1n) is 8.25. The summed E-state index contributed by atoms with van der Waals surface area (Å²) in [7, 11) is 0. The van der Waals surface area contributed by atoms with E-state index < -0.39 is 11.0 Å². The lowest BCUT2D eigenvalue weighted by atomic mass is 9.76. The molecule has 1 aliphatic rings. The zero-order valence-electron chi connectivity index (χ0n) is 14.1. The van der Waals surface area contributed by atoms with Crippen molar-refractivity contribution in [3.05, 3.63) is 35.9 Å². The van der Waals surface area contributed by atoms with Crippen LogP contribution in [-0.4, -0.2) is 22.8 Å². The molecule has 3 heteroatoms. The molecule has 0 heterocycles. The van der Waals surface area contributed by atoms with E-state index in [0.29, 0.717) is 6.42 Å². The van der Waals surface area contributed by atoms with Gasteiger partial charge in [-0.05, 0) is 44.6 Å². The zero-order valence-corrected chi connectivity index (χ0v) is 14.1. The number of carbonyl (C=O) groups excluding carboxylic acids is 1. The molecule has 122 valence electrons. The van der Waals surface area contributed by atoms with Gasteiger partial charge in [0.1, 0.15) is 6.10 Å². The standard InChI is InChI=1S/C19H28O3/c1-14(2)19(21)12-8-11-16(13-19)22-17(20)18(3,4)15-9-6-5-7-10-15/h5-7,9-10,14,16,21H,8,11-13H2,1-4H3/t16?,19-/m1/s1. The normalized spacial score (nSPS) is 26.0. The predicted molar refractivity (Wildman–Crippen MR) is 87.6 cm³/mol. The molecule has 1 saturated carbocycles. The Kier molecular flexibility index (Phi) is 4.96. The van der Waals surface area contributed by atoms with Gasteiger partial charge in [0.25, 0.3) is 0 Å². The summed E-state index contributed by atoms with van der Waals surface area (Å²) in [4.78, 5) is 12.6. The van der Waals surface area contributed by atoms with Gasteiger partial charge in [-0.25, -0.2) is 0 Å². The van der Waals surface area contributed by atoms with Crippen molar-refractivity contribution >= 4 is 5.97 Å². The molecule has 2 atom stereocenters. The maximum absolute atomic E-state index is 12.6. The maximum atomic E-state index is 12.6. The van der Waals surface area contributed by atoms with E-state index in [2.05, 4.69) is 0 Å². The van der Waals surface area contributed by atoms with Crippen LogP contribution in [-0.2, 0) is 14.9 Å². The molecule has 1 fully saturated rings. The lowest BCUT2D eigenvalue weighted by molar-refractivity contribution is -0.163. The molecule has 0 saturated heterocycles. The molecule has 1 aliphatic carbocycles. The van der Waals surface area contributed by atoms with Crippen LogP contribution < -0.4 is 0 Å². The Labute approximate surface area is 133 Å². The fourth-order valence-electron chi connectivity index (χ4n) is 3.13. The Morgan fingerprint density at radius 1 is 1.32 bits per heavy atom. The van der Waals surface area contributed by atoms with E-state index >= 15 is 0 Å². The second kappa shape index (κ2) is 6.41. The van der Waals surface area contributed by atoms with Crippen LogP contribution >= 0.6 is 0 Å². The minimum atomic E-state index is -0.708. The third kappa shape index (κ3) is 3.52. The highest BCUT2D eigenvalue weighted by Crippen LogP contribution is 2.36. The van der Waals surface area contributed by atoms with Crippen molar-refractivity contribution in [3.8, 4) is 0 Å². The molecular weight excluding hydrogens is 276 g/mol. The summed E-state index contributed by atoms with van der Waals surface area (Å²) in [6.07, 6.45) is 2.89. The topological polar surface area (TPSA) is 46.5 Å². The van der Waals surface area contributed by atoms with Crippen LogP contribution in [0.2, 0.25) is 0 Å². The van der Waals surface area contributed by atoms with Crippen LogP contribution in [0.15, 0.2) is 30.3 Å². The second-order valence-electron chi connectivity index (χ2n) is 7.37. The molecular formula is C19H28O3. The SMILES string of the molecule is CC(C)[C@@]1(O)CCCC(OC(=O)C(C)(C)c2ccccc2)C1. The van der Waals surface area contributed by atoms with Gasteiger partial charge >= 0.3 is 5.97 Å². The van der Waals surface area contributed by atoms with E-state index in [9.17, 15) is 9.90 Å². The summed E-state index contributed by atoms with van der Waals surface area (Å²) in [5.74, 6) is -0.0344. The molecule has 0 bridgehead atoms. The number of carbonyl (C=O) groups is 1. The first kappa shape index (κ1) is 17.0. The van der Waals surface area contributed by atoms with Gasteiger partial charge in [0.05, 0.1) is 11.0 Å². The first-order chi connectivity index (χ1) is 10.3. The van der Waals surface area contributed by atoms with Crippen molar-refractivity contribution < 1.29 is 14.6 Å². The monoisotopic (exact) mass is 304 g/mol. The molecule has 0 aromatic heterocycles. The second-order valence-corrected chi connectivity index (χ2v) is 7.37. The number of benzene rings is 1. The lowest BCUT2D eigenvalue weighted by Crippen LogP contribution is -2.44. The summed E-state index contributed by atoms with van der Waals surface area (Å²) in [5.41, 5.74) is -0.427. The summed E-state index contributed by atoms with van der Waals surface area (Å²) in [6.45, 7) is 7.83. The molecule has 1 aromatic rings. The van der Waals surface area contributed by atoms with Gasteiger partial charge in [-0.15, -0.1) is 0 Å². The molecule has 0 spiro atoms. The van der Waals surface area contributed by atoms with Crippen molar-refractivity contribution in [2.45, 2.75) is 70.5 Å². The van der Waals surface area contributed by atoms with Crippen LogP contribution in [0.4, 0.5) is 0 Å². The van der Waals surface area contributed by atoms with E-state index in [1.54, 1.807) is 0 Å². The number of esters is 1. The average molecular weight is 304 g/mol. The summed E-state index contributed by atoms with van der Waals surface area (Å²) >= 11 is 0. The molecule has 0 amide bonds. The average Bonchev–Trinajstić information content (AvgIpc) is 2.48. The van der Waals surface area contributed by atoms with Gasteiger partial charge in [-0.1, -0.05) is 44.2 Å². The number of ether oxygens (including phenoxy) is 1. The quantitative estimate of drug-likeness (QED) is 0.860. The Bertz CT molecular complexity index is 507. The van der Waals surface area contributed by atoms with Crippen molar-refractivity contribution in [1.82, 2.24) is 0 Å². The Morgan fingerprint density at radius 2 is 1.95 bits per heavy atom. The predicted octanol–water partition coefficient (Wildman–Crippen LogP) is 3.84. The largest absolute Gasteiger partial charge is 0.462 e. The number of rotatable bonds is 4. The highest BCUT2D eigenvalue weighted by atomic mass is 16.5. The number of hydrogen-bond donors (Lipinski definition) is 1. The third-order valence-electron chi connectivity index (χ3n) is 5.07. The molecule has 0 radical (unpaired) electrons. The number of aliphatic hydroxyl groups is 1. The minimum Gasteiger partial charge on any atom is -0.462 e. The molecule has 2 rings (SSSR count). The molecule has 3 nitrogen and oxygen atoms in total. The van der Waals surface area contributed by atoms with Gasteiger partial charge in [-0.3, -0.25) is 4.79 Å². The van der Waals surface area contributed by atoms with E-state index in [-0.39, 0.29) is 18.0 Å². The third-order valence-corrected chi connectivity index (χ3v) is 5.07. The fraction of sp³-hybridized carbons (Fsp3) is 0.632. The van der Waals surface area contributed by atoms with E-state index in [1.165, 1.54) is 0 Å². The van der Waals surface area contributed by atoms with Gasteiger partial charge in [0.15, 0.2) is 0 Å². The molecule has 1 N–H and O–H groups in total. The summed E-state index contributed by atoms with van der Waals surface area (Å²) in [6, 6.07) is 9.71. The van der Waals surface area contributed by atoms with E-state index in [1.807, 2.05) is 58.0 Å². The van der Waals surface area contributed by atoms with Crippen LogP contribution in [0.1, 0.15) is 58.9 Å². The smallest absolute Gasteiger partial charge is 0.316 e. The Morgan fingerprint density at radius 3 is 2.55 bits per heavy atom. The van der Waals surface area contributed by atoms with Crippen LogP contribution in [0.25, 0.3) is 0 Å². The molecule has 1 unspecified atom stereocenters. The maximum Gasteiger partial charge on any atom is 0.316 e. The first-order valence-corrected chi connectivity index (χ1v) is 8.25. The van der Waals surface area contributed by atoms with Crippen molar-refractivity contribution in [1.29, 1.82) is 0 Å². The van der Waals surface area contributed by atoms with Gasteiger partial charge < -0.3 is 9.84 Å². The van der Waals surface area contributed by atoms with Gasteiger partial charge in [0.2, 0.25) is 0 Å². The van der Waals surface area contributed by atoms with Gasteiger partial charge in [0, 0.05) is 6.42 Å². The van der Waals surface area contributed by atoms with Crippen molar-refractivity contribution in [2.75, 3.05) is 0 Å². The van der Waals surface area contributed by atoms with Gasteiger partial charge in [-0.2, -0.15) is 0 Å². The highest BCUT2D eigenvalue weighted by Gasteiger charge is 2.40. The van der Waals surface area contributed by atoms with Crippen LogP contribution in [0.3, 0.4) is 0 Å². The molecule has 0 aliphatic heterocycles. The molecule has 1 aromatic carbocycles. The Hall–Kier alpha value is -1.35. The minimum absolute atomic E-state index is 0.177. The lowest BCUT2D eigenvalue weighted by Gasteiger charge is -2.40. The number of hydrogen-bond acceptors (Lipinski definition) is 3. The fourth-order valence-corrected chi connectivity index (χ4v) is 3.13. The summed E-state index contributed by atoms with van der Waals surface area (Å²) < 4.78 is 5.76. The summed E-state index contributed by atoms with van der Waals surface area (Å²) in [5, 5.41) is 10.7. The van der Waals surface area contributed by atoms with E-state index in [4.69, 9.17) is 4.74 Å². The highest BCUT2D eigenvalue weighted by molar-refractivity contribution is 5.82. The van der Waals surface area contributed by atoms with Crippen LogP contribution in [0, 0.1) is 5.92 Å².